The van der Waals surface area contributed by atoms with Crippen molar-refractivity contribution in [3.63, 3.8) is 0 Å². The van der Waals surface area contributed by atoms with Crippen molar-refractivity contribution in [2.75, 3.05) is 13.2 Å². The lowest BCUT2D eigenvalue weighted by atomic mass is 10.3. The number of nitrogens with zero attached hydrogens (tertiary/aromatic N) is 1. The lowest BCUT2D eigenvalue weighted by Gasteiger charge is -2.07. The van der Waals surface area contributed by atoms with E-state index in [0.717, 1.165) is 18.2 Å². The number of pyridine rings is 1. The first-order valence-corrected chi connectivity index (χ1v) is 5.93. The highest BCUT2D eigenvalue weighted by molar-refractivity contribution is 5.92. The third-order valence-electron chi connectivity index (χ3n) is 2.39. The van der Waals surface area contributed by atoms with Crippen molar-refractivity contribution in [2.45, 2.75) is 0 Å². The van der Waals surface area contributed by atoms with Gasteiger partial charge in [0.25, 0.3) is 5.91 Å². The first kappa shape index (κ1) is 13.9. The monoisotopic (exact) mass is 278 g/mol. The van der Waals surface area contributed by atoms with Crippen molar-refractivity contribution < 1.29 is 18.3 Å². The summed E-state index contributed by atoms with van der Waals surface area (Å²) in [6, 6.07) is 7.90. The fraction of sp³-hybridized carbons (Fsp3) is 0.143. The Morgan fingerprint density at radius 3 is 2.60 bits per heavy atom. The number of hydrogen-bond donors (Lipinski definition) is 1. The molecule has 104 valence electrons. The van der Waals surface area contributed by atoms with Crippen molar-refractivity contribution in [1.82, 2.24) is 10.3 Å². The predicted molar refractivity (Wildman–Crippen MR) is 68.4 cm³/mol. The number of carbonyl (C=O) groups excluding carboxylic acids is 1. The van der Waals surface area contributed by atoms with E-state index < -0.39 is 11.6 Å². The average Bonchev–Trinajstić information content (AvgIpc) is 2.43. The molecule has 0 aliphatic rings. The number of aromatic nitrogens is 1. The second-order valence-corrected chi connectivity index (χ2v) is 3.92. The minimum absolute atomic E-state index is 0.0783. The molecule has 0 saturated heterocycles. The Kier molecular flexibility index (Phi) is 4.60. The lowest BCUT2D eigenvalue weighted by molar-refractivity contribution is 0.0942. The molecule has 1 aromatic heterocycles. The van der Waals surface area contributed by atoms with E-state index >= 15 is 0 Å². The maximum atomic E-state index is 12.9. The van der Waals surface area contributed by atoms with Crippen LogP contribution in [0.25, 0.3) is 0 Å². The van der Waals surface area contributed by atoms with E-state index in [1.807, 2.05) is 0 Å². The summed E-state index contributed by atoms with van der Waals surface area (Å²) in [4.78, 5) is 15.5. The van der Waals surface area contributed by atoms with Crippen LogP contribution in [-0.4, -0.2) is 24.0 Å². The highest BCUT2D eigenvalue weighted by Gasteiger charge is 2.05. The molecule has 0 aliphatic heterocycles. The minimum atomic E-state index is -0.711. The Morgan fingerprint density at radius 1 is 1.20 bits per heavy atom. The quantitative estimate of drug-likeness (QED) is 0.853. The molecule has 0 atom stereocenters. The van der Waals surface area contributed by atoms with Gasteiger partial charge in [-0.15, -0.1) is 0 Å². The molecular formula is C14H12F2N2O2. The van der Waals surface area contributed by atoms with Gasteiger partial charge in [0.05, 0.1) is 6.54 Å². The highest BCUT2D eigenvalue weighted by atomic mass is 19.1. The standard InChI is InChI=1S/C14H12F2N2O2/c15-10-7-11(16)9-12(8-10)20-6-5-18-14(19)13-3-1-2-4-17-13/h1-4,7-9H,5-6H2,(H,18,19). The second-order valence-electron chi connectivity index (χ2n) is 3.92. The number of amides is 1. The molecule has 4 nitrogen and oxygen atoms in total. The Bertz CT molecular complexity index is 571. The first-order valence-electron chi connectivity index (χ1n) is 5.93. The zero-order valence-electron chi connectivity index (χ0n) is 10.5. The Labute approximate surface area is 114 Å². The smallest absolute Gasteiger partial charge is 0.269 e. The number of hydrogen-bond acceptors (Lipinski definition) is 3. The van der Waals surface area contributed by atoms with Gasteiger partial charge in [-0.3, -0.25) is 9.78 Å². The Morgan fingerprint density at radius 2 is 1.95 bits per heavy atom. The Hall–Kier alpha value is -2.50. The van der Waals surface area contributed by atoms with Gasteiger partial charge >= 0.3 is 0 Å². The third kappa shape index (κ3) is 4.01. The second kappa shape index (κ2) is 6.60. The van der Waals surface area contributed by atoms with E-state index in [2.05, 4.69) is 10.3 Å². The number of carbonyl (C=O) groups is 1. The number of ether oxygens (including phenoxy) is 1. The number of rotatable bonds is 5. The van der Waals surface area contributed by atoms with Gasteiger partial charge in [0.2, 0.25) is 0 Å². The van der Waals surface area contributed by atoms with Gasteiger partial charge in [-0.1, -0.05) is 6.07 Å². The van der Waals surface area contributed by atoms with Gasteiger partial charge in [0, 0.05) is 24.4 Å². The maximum Gasteiger partial charge on any atom is 0.269 e. The third-order valence-corrected chi connectivity index (χ3v) is 2.39. The molecule has 0 aliphatic carbocycles. The number of halogens is 2. The summed E-state index contributed by atoms with van der Waals surface area (Å²) in [5.74, 6) is -1.68. The van der Waals surface area contributed by atoms with Gasteiger partial charge in [0.1, 0.15) is 29.7 Å². The molecule has 2 aromatic rings. The molecule has 0 fully saturated rings. The lowest BCUT2D eigenvalue weighted by Crippen LogP contribution is -2.28. The molecule has 0 radical (unpaired) electrons. The normalized spacial score (nSPS) is 10.1. The van der Waals surface area contributed by atoms with Crippen LogP contribution in [0, 0.1) is 11.6 Å². The van der Waals surface area contributed by atoms with E-state index in [1.54, 1.807) is 18.2 Å². The minimum Gasteiger partial charge on any atom is -0.492 e. The zero-order chi connectivity index (χ0) is 14.4. The molecular weight excluding hydrogens is 266 g/mol. The van der Waals surface area contributed by atoms with Gasteiger partial charge in [-0.05, 0) is 12.1 Å². The molecule has 6 heteroatoms. The van der Waals surface area contributed by atoms with Gasteiger partial charge < -0.3 is 10.1 Å². The molecule has 0 saturated carbocycles. The Balaban J connectivity index is 1.78. The molecule has 20 heavy (non-hydrogen) atoms. The van der Waals surface area contributed by atoms with Crippen LogP contribution in [0.15, 0.2) is 42.6 Å². The molecule has 1 amide bonds. The highest BCUT2D eigenvalue weighted by Crippen LogP contribution is 2.14. The molecule has 2 rings (SSSR count). The fourth-order valence-electron chi connectivity index (χ4n) is 1.53. The van der Waals surface area contributed by atoms with Crippen LogP contribution in [0.2, 0.25) is 0 Å². The van der Waals surface area contributed by atoms with E-state index in [0.29, 0.717) is 5.69 Å². The largest absolute Gasteiger partial charge is 0.492 e. The van der Waals surface area contributed by atoms with Crippen molar-refractivity contribution >= 4 is 5.91 Å². The van der Waals surface area contributed by atoms with Crippen LogP contribution in [0.5, 0.6) is 5.75 Å². The topological polar surface area (TPSA) is 51.2 Å². The molecule has 1 aromatic carbocycles. The van der Waals surface area contributed by atoms with Crippen molar-refractivity contribution in [3.8, 4) is 5.75 Å². The average molecular weight is 278 g/mol. The van der Waals surface area contributed by atoms with Gasteiger partial charge in [-0.2, -0.15) is 0 Å². The molecule has 1 heterocycles. The zero-order valence-corrected chi connectivity index (χ0v) is 10.5. The van der Waals surface area contributed by atoms with Crippen LogP contribution in [0.3, 0.4) is 0 Å². The van der Waals surface area contributed by atoms with Crippen LogP contribution >= 0.6 is 0 Å². The van der Waals surface area contributed by atoms with Crippen LogP contribution in [0.4, 0.5) is 8.78 Å². The SMILES string of the molecule is O=C(NCCOc1cc(F)cc(F)c1)c1ccccn1. The van der Waals surface area contributed by atoms with Crippen LogP contribution in [0.1, 0.15) is 10.5 Å². The van der Waals surface area contributed by atoms with Crippen molar-refractivity contribution in [3.05, 3.63) is 59.9 Å². The van der Waals surface area contributed by atoms with Gasteiger partial charge in [0.15, 0.2) is 0 Å². The van der Waals surface area contributed by atoms with Gasteiger partial charge in [-0.25, -0.2) is 8.78 Å². The first-order chi connectivity index (χ1) is 9.65. The van der Waals surface area contributed by atoms with E-state index in [-0.39, 0.29) is 24.8 Å². The predicted octanol–water partition coefficient (Wildman–Crippen LogP) is 2.17. The summed E-state index contributed by atoms with van der Waals surface area (Å²) in [6.07, 6.45) is 1.51. The summed E-state index contributed by atoms with van der Waals surface area (Å²) >= 11 is 0. The fourth-order valence-corrected chi connectivity index (χ4v) is 1.53. The van der Waals surface area contributed by atoms with E-state index in [4.69, 9.17) is 4.74 Å². The summed E-state index contributed by atoms with van der Waals surface area (Å²) in [5, 5.41) is 2.58. The molecule has 0 bridgehead atoms. The summed E-state index contributed by atoms with van der Waals surface area (Å²) in [6.45, 7) is 0.301. The number of nitrogens with one attached hydrogen (secondary N) is 1. The van der Waals surface area contributed by atoms with E-state index in [9.17, 15) is 13.6 Å². The van der Waals surface area contributed by atoms with Crippen LogP contribution in [-0.2, 0) is 0 Å². The molecule has 0 unspecified atom stereocenters. The summed E-state index contributed by atoms with van der Waals surface area (Å²) in [5.41, 5.74) is 0.296. The summed E-state index contributed by atoms with van der Waals surface area (Å²) in [7, 11) is 0. The van der Waals surface area contributed by atoms with Crippen molar-refractivity contribution in [2.24, 2.45) is 0 Å². The van der Waals surface area contributed by atoms with Crippen LogP contribution < -0.4 is 10.1 Å². The molecule has 1 N–H and O–H groups in total. The van der Waals surface area contributed by atoms with E-state index in [1.165, 1.54) is 6.20 Å². The summed E-state index contributed by atoms with van der Waals surface area (Å²) < 4.78 is 30.9. The molecule has 0 spiro atoms. The number of benzene rings is 1. The van der Waals surface area contributed by atoms with Crippen molar-refractivity contribution in [1.29, 1.82) is 0 Å². The maximum absolute atomic E-state index is 12.9.